The van der Waals surface area contributed by atoms with E-state index in [1.165, 1.54) is 21.1 Å². The number of nitrogens with zero attached hydrogens (tertiary/aromatic N) is 1. The van der Waals surface area contributed by atoms with Crippen molar-refractivity contribution in [2.75, 3.05) is 19.5 Å². The molecule has 0 aliphatic carbocycles. The molecule has 1 amide bonds. The van der Waals surface area contributed by atoms with E-state index < -0.39 is 12.0 Å². The predicted octanol–water partition coefficient (Wildman–Crippen LogP) is 0.679. The number of hydrogen-bond acceptors (Lipinski definition) is 7. The number of likely N-dealkylation sites (N-methyl/N-ethyl adjacent to an activating group) is 1. The van der Waals surface area contributed by atoms with E-state index in [0.29, 0.717) is 5.13 Å². The van der Waals surface area contributed by atoms with Gasteiger partial charge in [0, 0.05) is 14.0 Å². The second-order valence-corrected chi connectivity index (χ2v) is 4.72. The van der Waals surface area contributed by atoms with Gasteiger partial charge in [0.05, 0.1) is 7.11 Å². The molecule has 0 aliphatic rings. The highest BCUT2D eigenvalue weighted by Gasteiger charge is 2.23. The highest BCUT2D eigenvalue weighted by atomic mass is 32.1. The largest absolute Gasteiger partial charge is 0.464 e. The van der Waals surface area contributed by atoms with Gasteiger partial charge < -0.3 is 15.4 Å². The van der Waals surface area contributed by atoms with Crippen LogP contribution in [0.5, 0.6) is 0 Å². The fourth-order valence-electron chi connectivity index (χ4n) is 1.32. The molecule has 0 bridgehead atoms. The van der Waals surface area contributed by atoms with Crippen molar-refractivity contribution in [2.24, 2.45) is 0 Å². The molecule has 0 aliphatic heterocycles. The molecule has 1 unspecified atom stereocenters. The zero-order valence-electron chi connectivity index (χ0n) is 11.1. The maximum Gasteiger partial charge on any atom is 0.358 e. The average molecular weight is 285 g/mol. The van der Waals surface area contributed by atoms with Gasteiger partial charge in [0.25, 0.3) is 0 Å². The molecule has 0 saturated carbocycles. The minimum absolute atomic E-state index is 0.0355. The molecule has 1 aromatic rings. The Bertz CT molecular complexity index is 512. The van der Waals surface area contributed by atoms with Crippen molar-refractivity contribution in [3.05, 3.63) is 10.6 Å². The van der Waals surface area contributed by atoms with Crippen molar-refractivity contribution in [1.29, 1.82) is 0 Å². The molecule has 1 heterocycles. The molecule has 0 radical (unpaired) electrons. The smallest absolute Gasteiger partial charge is 0.358 e. The summed E-state index contributed by atoms with van der Waals surface area (Å²) in [6.07, 6.45) is 0. The van der Waals surface area contributed by atoms with Crippen LogP contribution in [0, 0.1) is 0 Å². The summed E-state index contributed by atoms with van der Waals surface area (Å²) in [5.41, 5.74) is -0.0355. The van der Waals surface area contributed by atoms with Crippen molar-refractivity contribution in [2.45, 2.75) is 19.9 Å². The van der Waals surface area contributed by atoms with Crippen LogP contribution in [-0.4, -0.2) is 42.8 Å². The maximum atomic E-state index is 11.5. The van der Waals surface area contributed by atoms with Gasteiger partial charge in [-0.2, -0.15) is 0 Å². The van der Waals surface area contributed by atoms with Crippen molar-refractivity contribution >= 4 is 34.1 Å². The highest BCUT2D eigenvalue weighted by molar-refractivity contribution is 7.17. The number of methoxy groups -OCH3 is 1. The third-order valence-corrected chi connectivity index (χ3v) is 3.39. The standard InChI is InChI=1S/C11H15N3O4S/c1-5(9(16)12-3)13-11-14-7(10(17)18-4)8(19-11)6(2)15/h5H,1-4H3,(H,12,16)(H,13,14). The Balaban J connectivity index is 3.01. The number of esters is 1. The summed E-state index contributed by atoms with van der Waals surface area (Å²) in [6, 6.07) is -0.526. The first-order chi connectivity index (χ1) is 8.90. The van der Waals surface area contributed by atoms with Crippen LogP contribution in [0.2, 0.25) is 0 Å². The summed E-state index contributed by atoms with van der Waals surface area (Å²) in [5.74, 6) is -1.18. The Morgan fingerprint density at radius 2 is 2.00 bits per heavy atom. The molecule has 0 saturated heterocycles. The van der Waals surface area contributed by atoms with Gasteiger partial charge >= 0.3 is 5.97 Å². The second kappa shape index (κ2) is 6.28. The second-order valence-electron chi connectivity index (χ2n) is 3.72. The molecule has 1 rings (SSSR count). The number of ether oxygens (including phenoxy) is 1. The lowest BCUT2D eigenvalue weighted by Crippen LogP contribution is -2.35. The number of carbonyl (C=O) groups is 3. The molecule has 0 spiro atoms. The van der Waals surface area contributed by atoms with Gasteiger partial charge in [-0.25, -0.2) is 9.78 Å². The minimum Gasteiger partial charge on any atom is -0.464 e. The Kier molecular flexibility index (Phi) is 4.99. The summed E-state index contributed by atoms with van der Waals surface area (Å²) >= 11 is 1.01. The zero-order valence-corrected chi connectivity index (χ0v) is 11.9. The van der Waals surface area contributed by atoms with Crippen molar-refractivity contribution in [1.82, 2.24) is 10.3 Å². The quantitative estimate of drug-likeness (QED) is 0.610. The highest BCUT2D eigenvalue weighted by Crippen LogP contribution is 2.24. The monoisotopic (exact) mass is 285 g/mol. The van der Waals surface area contributed by atoms with Crippen LogP contribution in [0.3, 0.4) is 0 Å². The SMILES string of the molecule is CNC(=O)C(C)Nc1nc(C(=O)OC)c(C(C)=O)s1. The summed E-state index contributed by atoms with van der Waals surface area (Å²) in [7, 11) is 2.73. The topological polar surface area (TPSA) is 97.4 Å². The van der Waals surface area contributed by atoms with E-state index in [-0.39, 0.29) is 22.3 Å². The average Bonchev–Trinajstić information content (AvgIpc) is 2.80. The van der Waals surface area contributed by atoms with Gasteiger partial charge in [0.1, 0.15) is 10.9 Å². The van der Waals surface area contributed by atoms with Gasteiger partial charge in [-0.3, -0.25) is 9.59 Å². The molecule has 8 heteroatoms. The molecule has 1 aromatic heterocycles. The lowest BCUT2D eigenvalue weighted by Gasteiger charge is -2.10. The van der Waals surface area contributed by atoms with E-state index in [2.05, 4.69) is 20.4 Å². The Labute approximate surface area is 114 Å². The van der Waals surface area contributed by atoms with Crippen LogP contribution >= 0.6 is 11.3 Å². The van der Waals surface area contributed by atoms with Crippen LogP contribution in [0.15, 0.2) is 0 Å². The van der Waals surface area contributed by atoms with Crippen LogP contribution < -0.4 is 10.6 Å². The molecular weight excluding hydrogens is 270 g/mol. The van der Waals surface area contributed by atoms with E-state index in [4.69, 9.17) is 0 Å². The Morgan fingerprint density at radius 3 is 2.47 bits per heavy atom. The number of aromatic nitrogens is 1. The van der Waals surface area contributed by atoms with Crippen molar-refractivity contribution < 1.29 is 19.1 Å². The number of Topliss-reactive ketones (excluding diaryl/α,β-unsaturated/α-hetero) is 1. The molecule has 0 aromatic carbocycles. The summed E-state index contributed by atoms with van der Waals surface area (Å²) < 4.78 is 4.56. The van der Waals surface area contributed by atoms with E-state index in [9.17, 15) is 14.4 Å². The predicted molar refractivity (Wildman–Crippen MR) is 70.6 cm³/mol. The van der Waals surface area contributed by atoms with Gasteiger partial charge in [0.2, 0.25) is 5.91 Å². The summed E-state index contributed by atoms with van der Waals surface area (Å²) in [4.78, 5) is 38.5. The lowest BCUT2D eigenvalue weighted by molar-refractivity contribution is -0.121. The zero-order chi connectivity index (χ0) is 14.6. The minimum atomic E-state index is -0.679. The summed E-state index contributed by atoms with van der Waals surface area (Å²) in [5, 5.41) is 5.62. The van der Waals surface area contributed by atoms with E-state index >= 15 is 0 Å². The van der Waals surface area contributed by atoms with Gasteiger partial charge in [-0.1, -0.05) is 11.3 Å². The van der Waals surface area contributed by atoms with Crippen molar-refractivity contribution in [3.63, 3.8) is 0 Å². The first kappa shape index (κ1) is 15.1. The third kappa shape index (κ3) is 3.50. The van der Waals surface area contributed by atoms with Gasteiger partial charge in [-0.15, -0.1) is 0 Å². The fourth-order valence-corrected chi connectivity index (χ4v) is 2.26. The molecule has 7 nitrogen and oxygen atoms in total. The molecule has 19 heavy (non-hydrogen) atoms. The first-order valence-corrected chi connectivity index (χ1v) is 6.30. The number of thiazole rings is 1. The third-order valence-electron chi connectivity index (χ3n) is 2.31. The number of anilines is 1. The van der Waals surface area contributed by atoms with Crippen LogP contribution in [-0.2, 0) is 9.53 Å². The van der Waals surface area contributed by atoms with Crippen LogP contribution in [0.4, 0.5) is 5.13 Å². The molecule has 0 fully saturated rings. The van der Waals surface area contributed by atoms with Crippen LogP contribution in [0.25, 0.3) is 0 Å². The number of hydrogen-bond donors (Lipinski definition) is 2. The molecule has 104 valence electrons. The maximum absolute atomic E-state index is 11.5. The number of rotatable bonds is 5. The number of amides is 1. The van der Waals surface area contributed by atoms with Crippen molar-refractivity contribution in [3.8, 4) is 0 Å². The van der Waals surface area contributed by atoms with Gasteiger partial charge in [-0.05, 0) is 6.92 Å². The normalized spacial score (nSPS) is 11.6. The van der Waals surface area contributed by atoms with E-state index in [0.717, 1.165) is 11.3 Å². The number of nitrogens with one attached hydrogen (secondary N) is 2. The number of carbonyl (C=O) groups excluding carboxylic acids is 3. The Hall–Kier alpha value is -1.96. The van der Waals surface area contributed by atoms with E-state index in [1.807, 2.05) is 0 Å². The van der Waals surface area contributed by atoms with E-state index in [1.54, 1.807) is 6.92 Å². The van der Waals surface area contributed by atoms with Gasteiger partial charge in [0.15, 0.2) is 16.6 Å². The number of ketones is 1. The summed E-state index contributed by atoms with van der Waals surface area (Å²) in [6.45, 7) is 2.98. The first-order valence-electron chi connectivity index (χ1n) is 5.48. The fraction of sp³-hybridized carbons (Fsp3) is 0.455. The lowest BCUT2D eigenvalue weighted by atomic mass is 10.3. The Morgan fingerprint density at radius 1 is 1.37 bits per heavy atom. The molecular formula is C11H15N3O4S. The molecule has 2 N–H and O–H groups in total. The van der Waals surface area contributed by atoms with Crippen LogP contribution in [0.1, 0.15) is 34.0 Å². The molecule has 1 atom stereocenters.